The molecule has 1 aliphatic heterocycles. The SMILES string of the molecule is CN1CCC(N(CCc2ccccc2)C(=O)c2ccn(C(F)F)n2)CC1. The minimum Gasteiger partial charge on any atom is -0.334 e. The summed E-state index contributed by atoms with van der Waals surface area (Å²) in [4.78, 5) is 17.0. The van der Waals surface area contributed by atoms with E-state index in [0.717, 1.165) is 44.1 Å². The number of hydrogen-bond acceptors (Lipinski definition) is 3. The van der Waals surface area contributed by atoms with Gasteiger partial charge in [0.05, 0.1) is 0 Å². The monoisotopic (exact) mass is 362 g/mol. The fourth-order valence-corrected chi connectivity index (χ4v) is 3.36. The number of carbonyl (C=O) groups excluding carboxylic acids is 1. The zero-order valence-corrected chi connectivity index (χ0v) is 14.9. The molecule has 1 aliphatic rings. The Morgan fingerprint density at radius 1 is 1.23 bits per heavy atom. The highest BCUT2D eigenvalue weighted by Crippen LogP contribution is 2.19. The van der Waals surface area contributed by atoms with E-state index in [4.69, 9.17) is 0 Å². The molecule has 0 saturated carbocycles. The molecule has 3 rings (SSSR count). The fraction of sp³-hybridized carbons (Fsp3) is 0.474. The number of hydrogen-bond donors (Lipinski definition) is 0. The lowest BCUT2D eigenvalue weighted by atomic mass is 10.0. The van der Waals surface area contributed by atoms with Crippen molar-refractivity contribution < 1.29 is 13.6 Å². The van der Waals surface area contributed by atoms with Crippen molar-refractivity contribution in [2.24, 2.45) is 0 Å². The van der Waals surface area contributed by atoms with Crippen molar-refractivity contribution in [2.75, 3.05) is 26.7 Å². The molecule has 140 valence electrons. The van der Waals surface area contributed by atoms with Crippen molar-refractivity contribution in [3.8, 4) is 0 Å². The van der Waals surface area contributed by atoms with E-state index in [-0.39, 0.29) is 17.6 Å². The van der Waals surface area contributed by atoms with E-state index in [1.165, 1.54) is 6.07 Å². The average molecular weight is 362 g/mol. The zero-order valence-electron chi connectivity index (χ0n) is 14.9. The lowest BCUT2D eigenvalue weighted by Gasteiger charge is -2.37. The highest BCUT2D eigenvalue weighted by Gasteiger charge is 2.29. The van der Waals surface area contributed by atoms with Crippen LogP contribution in [0.25, 0.3) is 0 Å². The number of aromatic nitrogens is 2. The van der Waals surface area contributed by atoms with Gasteiger partial charge in [0.25, 0.3) is 5.91 Å². The molecule has 26 heavy (non-hydrogen) atoms. The minimum atomic E-state index is -2.74. The van der Waals surface area contributed by atoms with E-state index in [2.05, 4.69) is 17.0 Å². The summed E-state index contributed by atoms with van der Waals surface area (Å²) in [6, 6.07) is 11.5. The summed E-state index contributed by atoms with van der Waals surface area (Å²) in [6.07, 6.45) is 3.65. The predicted octanol–water partition coefficient (Wildman–Crippen LogP) is 3.06. The first-order valence-electron chi connectivity index (χ1n) is 8.91. The van der Waals surface area contributed by atoms with Gasteiger partial charge in [-0.1, -0.05) is 30.3 Å². The average Bonchev–Trinajstić information content (AvgIpc) is 3.14. The maximum atomic E-state index is 13.0. The summed E-state index contributed by atoms with van der Waals surface area (Å²) < 4.78 is 26.1. The van der Waals surface area contributed by atoms with E-state index in [1.54, 1.807) is 0 Å². The van der Waals surface area contributed by atoms with Gasteiger partial charge < -0.3 is 9.80 Å². The van der Waals surface area contributed by atoms with E-state index in [1.807, 2.05) is 35.2 Å². The highest BCUT2D eigenvalue weighted by atomic mass is 19.3. The summed E-state index contributed by atoms with van der Waals surface area (Å²) >= 11 is 0. The van der Waals surface area contributed by atoms with Crippen molar-refractivity contribution in [2.45, 2.75) is 31.9 Å². The molecular weight excluding hydrogens is 338 g/mol. The molecule has 0 aliphatic carbocycles. The number of nitrogens with zero attached hydrogens (tertiary/aromatic N) is 4. The van der Waals surface area contributed by atoms with Gasteiger partial charge in [-0.3, -0.25) is 4.79 Å². The van der Waals surface area contributed by atoms with Crippen LogP contribution < -0.4 is 0 Å². The standard InChI is InChI=1S/C19H24F2N4O/c1-23-11-8-16(9-12-23)24(13-7-15-5-3-2-4-6-15)18(26)17-10-14-25(22-17)19(20)21/h2-6,10,14,16,19H,7-9,11-13H2,1H3. The van der Waals surface area contributed by atoms with Gasteiger partial charge in [0.1, 0.15) is 0 Å². The largest absolute Gasteiger partial charge is 0.334 e. The van der Waals surface area contributed by atoms with Gasteiger partial charge in [-0.25, -0.2) is 4.68 Å². The Labute approximate surface area is 152 Å². The maximum absolute atomic E-state index is 13.0. The molecule has 0 radical (unpaired) electrons. The quantitative estimate of drug-likeness (QED) is 0.793. The molecule has 1 amide bonds. The van der Waals surface area contributed by atoms with Crippen molar-refractivity contribution in [1.29, 1.82) is 0 Å². The number of likely N-dealkylation sites (tertiary alicyclic amines) is 1. The van der Waals surface area contributed by atoms with Crippen molar-refractivity contribution in [3.63, 3.8) is 0 Å². The summed E-state index contributed by atoms with van der Waals surface area (Å²) in [7, 11) is 2.07. The first kappa shape index (κ1) is 18.5. The Morgan fingerprint density at radius 2 is 1.92 bits per heavy atom. The zero-order chi connectivity index (χ0) is 18.5. The summed E-state index contributed by atoms with van der Waals surface area (Å²) in [5.41, 5.74) is 1.23. The number of benzene rings is 1. The molecule has 1 aromatic carbocycles. The Bertz CT molecular complexity index is 711. The molecule has 1 saturated heterocycles. The highest BCUT2D eigenvalue weighted by molar-refractivity contribution is 5.92. The van der Waals surface area contributed by atoms with Crippen LogP contribution in [0.1, 0.15) is 35.4 Å². The van der Waals surface area contributed by atoms with E-state index >= 15 is 0 Å². The molecular formula is C19H24F2N4O. The Hall–Kier alpha value is -2.28. The van der Waals surface area contributed by atoms with Crippen LogP contribution in [0.2, 0.25) is 0 Å². The molecule has 7 heteroatoms. The van der Waals surface area contributed by atoms with E-state index in [0.29, 0.717) is 11.2 Å². The van der Waals surface area contributed by atoms with Crippen LogP contribution in [0.4, 0.5) is 8.78 Å². The van der Waals surface area contributed by atoms with Crippen LogP contribution in [-0.4, -0.2) is 58.2 Å². The van der Waals surface area contributed by atoms with Gasteiger partial charge in [0.2, 0.25) is 0 Å². The van der Waals surface area contributed by atoms with Gasteiger partial charge >= 0.3 is 6.55 Å². The van der Waals surface area contributed by atoms with Crippen molar-refractivity contribution in [3.05, 3.63) is 53.9 Å². The smallest absolute Gasteiger partial charge is 0.333 e. The van der Waals surface area contributed by atoms with Crippen LogP contribution in [0, 0.1) is 0 Å². The number of carbonyl (C=O) groups is 1. The van der Waals surface area contributed by atoms with Gasteiger partial charge in [0, 0.05) is 18.8 Å². The molecule has 0 bridgehead atoms. The van der Waals surface area contributed by atoms with Gasteiger partial charge in [-0.05, 0) is 51.0 Å². The molecule has 5 nitrogen and oxygen atoms in total. The third-order valence-electron chi connectivity index (χ3n) is 4.90. The van der Waals surface area contributed by atoms with Crippen LogP contribution in [0.3, 0.4) is 0 Å². The van der Waals surface area contributed by atoms with Gasteiger partial charge in [-0.15, -0.1) is 0 Å². The Morgan fingerprint density at radius 3 is 2.54 bits per heavy atom. The summed E-state index contributed by atoms with van der Waals surface area (Å²) in [6.45, 7) is -0.340. The molecule has 1 aromatic heterocycles. The second kappa shape index (κ2) is 8.40. The molecule has 1 fully saturated rings. The number of piperidine rings is 1. The second-order valence-electron chi connectivity index (χ2n) is 6.73. The number of alkyl halides is 2. The lowest BCUT2D eigenvalue weighted by Crippen LogP contribution is -2.47. The summed E-state index contributed by atoms with van der Waals surface area (Å²) in [5.74, 6) is -0.269. The first-order valence-corrected chi connectivity index (χ1v) is 8.91. The third kappa shape index (κ3) is 4.46. The molecule has 2 aromatic rings. The van der Waals surface area contributed by atoms with Crippen molar-refractivity contribution in [1.82, 2.24) is 19.6 Å². The van der Waals surface area contributed by atoms with Crippen LogP contribution in [0.15, 0.2) is 42.6 Å². The number of halogens is 2. The first-order chi connectivity index (χ1) is 12.5. The number of amides is 1. The lowest BCUT2D eigenvalue weighted by molar-refractivity contribution is 0.0522. The molecule has 0 spiro atoms. The van der Waals surface area contributed by atoms with Crippen molar-refractivity contribution >= 4 is 5.91 Å². The number of rotatable bonds is 6. The van der Waals surface area contributed by atoms with Gasteiger partial charge in [-0.2, -0.15) is 13.9 Å². The Balaban J connectivity index is 1.75. The molecule has 0 atom stereocenters. The minimum absolute atomic E-state index is 0.0808. The fourth-order valence-electron chi connectivity index (χ4n) is 3.36. The third-order valence-corrected chi connectivity index (χ3v) is 4.90. The predicted molar refractivity (Wildman–Crippen MR) is 95.2 cm³/mol. The Kier molecular flexibility index (Phi) is 5.98. The second-order valence-corrected chi connectivity index (χ2v) is 6.73. The topological polar surface area (TPSA) is 41.4 Å². The van der Waals surface area contributed by atoms with E-state index in [9.17, 15) is 13.6 Å². The van der Waals surface area contributed by atoms with Crippen LogP contribution in [-0.2, 0) is 6.42 Å². The van der Waals surface area contributed by atoms with Crippen LogP contribution >= 0.6 is 0 Å². The molecule has 2 heterocycles. The van der Waals surface area contributed by atoms with Gasteiger partial charge in [0.15, 0.2) is 5.69 Å². The van der Waals surface area contributed by atoms with E-state index < -0.39 is 6.55 Å². The van der Waals surface area contributed by atoms with Crippen LogP contribution in [0.5, 0.6) is 0 Å². The maximum Gasteiger partial charge on any atom is 0.333 e. The normalized spacial score (nSPS) is 16.2. The molecule has 0 unspecified atom stereocenters. The summed E-state index contributed by atoms with van der Waals surface area (Å²) in [5, 5.41) is 3.76. The molecule has 0 N–H and O–H groups in total.